The van der Waals surface area contributed by atoms with Crippen LogP contribution in [-0.2, 0) is 6.54 Å². The average molecular weight is 261 g/mol. The molecule has 2 heterocycles. The summed E-state index contributed by atoms with van der Waals surface area (Å²) < 4.78 is 3.14. The van der Waals surface area contributed by atoms with Crippen molar-refractivity contribution in [3.63, 3.8) is 0 Å². The minimum Gasteiger partial charge on any atom is -0.331 e. The molecule has 1 aromatic heterocycles. The van der Waals surface area contributed by atoms with Crippen molar-refractivity contribution in [1.29, 1.82) is 0 Å². The predicted molar refractivity (Wildman–Crippen MR) is 77.5 cm³/mol. The molecule has 1 unspecified atom stereocenters. The molecule has 0 amide bonds. The number of rotatable bonds is 2. The lowest BCUT2D eigenvalue weighted by molar-refractivity contribution is 0.379. The van der Waals surface area contributed by atoms with Gasteiger partial charge in [-0.2, -0.15) is 0 Å². The Morgan fingerprint density at radius 2 is 2.28 bits per heavy atom. The molecule has 0 spiro atoms. The summed E-state index contributed by atoms with van der Waals surface area (Å²) in [5.74, 6) is 0.723. The number of aryl methyl sites for hydroxylation is 1. The molecule has 18 heavy (non-hydrogen) atoms. The molecular formula is C14H19N3S. The number of aromatic amines is 1. The Labute approximate surface area is 112 Å². The minimum atomic E-state index is 0.723. The number of H-pyrrole nitrogens is 1. The Balaban J connectivity index is 2.01. The summed E-state index contributed by atoms with van der Waals surface area (Å²) in [6, 6.07) is 6.34. The monoisotopic (exact) mass is 261 g/mol. The second-order valence-electron chi connectivity index (χ2n) is 5.43. The normalized spacial score (nSPS) is 20.9. The van der Waals surface area contributed by atoms with E-state index < -0.39 is 0 Å². The van der Waals surface area contributed by atoms with Crippen molar-refractivity contribution in [3.8, 4) is 0 Å². The van der Waals surface area contributed by atoms with Crippen molar-refractivity contribution in [2.24, 2.45) is 5.92 Å². The van der Waals surface area contributed by atoms with Gasteiger partial charge in [-0.1, -0.05) is 12.1 Å². The molecule has 1 atom stereocenters. The van der Waals surface area contributed by atoms with E-state index in [4.69, 9.17) is 12.2 Å². The number of aromatic nitrogens is 2. The Kier molecular flexibility index (Phi) is 2.99. The number of nitrogens with one attached hydrogen (secondary N) is 1. The average Bonchev–Trinajstić information content (AvgIpc) is 2.85. The van der Waals surface area contributed by atoms with Crippen molar-refractivity contribution >= 4 is 23.3 Å². The van der Waals surface area contributed by atoms with E-state index in [1.54, 1.807) is 0 Å². The fraction of sp³-hybridized carbons (Fsp3) is 0.500. The Hall–Kier alpha value is -1.13. The van der Waals surface area contributed by atoms with Crippen molar-refractivity contribution in [2.75, 3.05) is 20.1 Å². The number of hydrogen-bond acceptors (Lipinski definition) is 2. The zero-order valence-electron chi connectivity index (χ0n) is 10.9. The predicted octanol–water partition coefficient (Wildman–Crippen LogP) is 2.96. The third-order valence-corrected chi connectivity index (χ3v) is 4.25. The zero-order valence-corrected chi connectivity index (χ0v) is 11.8. The van der Waals surface area contributed by atoms with Crippen LogP contribution in [0, 0.1) is 17.6 Å². The maximum atomic E-state index is 5.47. The van der Waals surface area contributed by atoms with E-state index in [2.05, 4.69) is 46.6 Å². The molecule has 1 aliphatic rings. The van der Waals surface area contributed by atoms with Crippen molar-refractivity contribution in [3.05, 3.63) is 28.5 Å². The van der Waals surface area contributed by atoms with Gasteiger partial charge in [-0.15, -0.1) is 0 Å². The van der Waals surface area contributed by atoms with Gasteiger partial charge in [0.1, 0.15) is 0 Å². The van der Waals surface area contributed by atoms with E-state index in [-0.39, 0.29) is 0 Å². The van der Waals surface area contributed by atoms with Gasteiger partial charge < -0.3 is 14.5 Å². The molecule has 4 heteroatoms. The highest BCUT2D eigenvalue weighted by Crippen LogP contribution is 2.22. The van der Waals surface area contributed by atoms with E-state index in [1.807, 2.05) is 0 Å². The van der Waals surface area contributed by atoms with Gasteiger partial charge in [-0.25, -0.2) is 0 Å². The van der Waals surface area contributed by atoms with Crippen LogP contribution >= 0.6 is 12.2 Å². The molecular weight excluding hydrogens is 242 g/mol. The molecule has 96 valence electrons. The van der Waals surface area contributed by atoms with E-state index in [9.17, 15) is 0 Å². The van der Waals surface area contributed by atoms with Crippen LogP contribution in [0.2, 0.25) is 0 Å². The molecule has 1 aliphatic heterocycles. The number of para-hydroxylation sites is 1. The number of imidazole rings is 1. The lowest BCUT2D eigenvalue weighted by Crippen LogP contribution is -2.17. The van der Waals surface area contributed by atoms with E-state index in [0.29, 0.717) is 0 Å². The van der Waals surface area contributed by atoms with Gasteiger partial charge >= 0.3 is 0 Å². The number of hydrogen-bond donors (Lipinski definition) is 1. The summed E-state index contributed by atoms with van der Waals surface area (Å²) in [7, 11) is 2.19. The molecule has 0 aliphatic carbocycles. The fourth-order valence-electron chi connectivity index (χ4n) is 3.01. The van der Waals surface area contributed by atoms with Crippen molar-refractivity contribution < 1.29 is 0 Å². The molecule has 1 N–H and O–H groups in total. The maximum absolute atomic E-state index is 5.47. The first-order valence-corrected chi connectivity index (χ1v) is 6.92. The number of benzene rings is 1. The van der Waals surface area contributed by atoms with Gasteiger partial charge in [-0.05, 0) is 56.7 Å². The highest BCUT2D eigenvalue weighted by Gasteiger charge is 2.21. The van der Waals surface area contributed by atoms with E-state index in [0.717, 1.165) is 22.8 Å². The Bertz CT molecular complexity index is 625. The molecule has 1 aromatic carbocycles. The van der Waals surface area contributed by atoms with Gasteiger partial charge in [-0.3, -0.25) is 0 Å². The van der Waals surface area contributed by atoms with Gasteiger partial charge in [0.25, 0.3) is 0 Å². The van der Waals surface area contributed by atoms with Gasteiger partial charge in [0.15, 0.2) is 4.77 Å². The van der Waals surface area contributed by atoms with Gasteiger partial charge in [0.2, 0.25) is 0 Å². The van der Waals surface area contributed by atoms with Gasteiger partial charge in [0, 0.05) is 13.1 Å². The third kappa shape index (κ3) is 1.99. The molecule has 1 saturated heterocycles. The highest BCUT2D eigenvalue weighted by molar-refractivity contribution is 7.71. The lowest BCUT2D eigenvalue weighted by atomic mass is 10.1. The van der Waals surface area contributed by atoms with Crippen LogP contribution in [0.3, 0.4) is 0 Å². The first kappa shape index (κ1) is 11.9. The summed E-state index contributed by atoms with van der Waals surface area (Å²) in [4.78, 5) is 5.72. The first-order valence-electron chi connectivity index (χ1n) is 6.52. The third-order valence-electron chi connectivity index (χ3n) is 3.92. The lowest BCUT2D eigenvalue weighted by Gasteiger charge is -2.13. The molecule has 2 aromatic rings. The SMILES string of the molecule is Cc1cccc2[nH]c(=S)n(CC3CCN(C)C3)c12. The molecule has 0 saturated carbocycles. The summed E-state index contributed by atoms with van der Waals surface area (Å²) in [6.07, 6.45) is 1.27. The van der Waals surface area contributed by atoms with Gasteiger partial charge in [0.05, 0.1) is 11.0 Å². The first-order chi connectivity index (χ1) is 8.65. The van der Waals surface area contributed by atoms with Crippen LogP contribution in [0.15, 0.2) is 18.2 Å². The summed E-state index contributed by atoms with van der Waals surface area (Å²) in [6.45, 7) is 5.58. The molecule has 0 radical (unpaired) electrons. The standard InChI is InChI=1S/C14H19N3S/c1-10-4-3-5-12-13(10)17(14(18)15-12)9-11-6-7-16(2)8-11/h3-5,11H,6-9H2,1-2H3,(H,15,18). The quantitative estimate of drug-likeness (QED) is 0.840. The van der Waals surface area contributed by atoms with Crippen LogP contribution < -0.4 is 0 Å². The molecule has 3 nitrogen and oxygen atoms in total. The summed E-state index contributed by atoms with van der Waals surface area (Å²) in [5.41, 5.74) is 3.73. The number of nitrogens with zero attached hydrogens (tertiary/aromatic N) is 2. The smallest absolute Gasteiger partial charge is 0.178 e. The van der Waals surface area contributed by atoms with Crippen LogP contribution in [-0.4, -0.2) is 34.6 Å². The van der Waals surface area contributed by atoms with Crippen LogP contribution in [0.5, 0.6) is 0 Å². The topological polar surface area (TPSA) is 24.0 Å². The van der Waals surface area contributed by atoms with Crippen molar-refractivity contribution in [1.82, 2.24) is 14.5 Å². The largest absolute Gasteiger partial charge is 0.331 e. The number of fused-ring (bicyclic) bond motifs is 1. The maximum Gasteiger partial charge on any atom is 0.178 e. The summed E-state index contributed by atoms with van der Waals surface area (Å²) in [5, 5.41) is 0. The van der Waals surface area contributed by atoms with Crippen molar-refractivity contribution in [2.45, 2.75) is 19.9 Å². The molecule has 3 rings (SSSR count). The van der Waals surface area contributed by atoms with E-state index >= 15 is 0 Å². The molecule has 1 fully saturated rings. The fourth-order valence-corrected chi connectivity index (χ4v) is 3.29. The molecule has 0 bridgehead atoms. The van der Waals surface area contributed by atoms with Crippen LogP contribution in [0.1, 0.15) is 12.0 Å². The van der Waals surface area contributed by atoms with Crippen LogP contribution in [0.4, 0.5) is 0 Å². The number of likely N-dealkylation sites (tertiary alicyclic amines) is 1. The highest BCUT2D eigenvalue weighted by atomic mass is 32.1. The minimum absolute atomic E-state index is 0.723. The second-order valence-corrected chi connectivity index (χ2v) is 5.82. The second kappa shape index (κ2) is 4.52. The Morgan fingerprint density at radius 1 is 1.44 bits per heavy atom. The summed E-state index contributed by atoms with van der Waals surface area (Å²) >= 11 is 5.47. The van der Waals surface area contributed by atoms with E-state index in [1.165, 1.54) is 30.6 Å². The Morgan fingerprint density at radius 3 is 3.00 bits per heavy atom. The zero-order chi connectivity index (χ0) is 12.7. The van der Waals surface area contributed by atoms with Crippen LogP contribution in [0.25, 0.3) is 11.0 Å².